The largest absolute Gasteiger partial charge is 0.347 e. The van der Waals surface area contributed by atoms with Gasteiger partial charge in [-0.3, -0.25) is 4.79 Å². The van der Waals surface area contributed by atoms with E-state index in [1.807, 2.05) is 6.92 Å². The van der Waals surface area contributed by atoms with Crippen molar-refractivity contribution in [2.45, 2.75) is 13.5 Å². The standard InChI is InChI=1S/C15H14FN3OS/c1-10-18-8-12(21-10)9-19-15(20)13-5-4-11(3-2-6-17)7-14(13)16/h4-5,7-8H,6,9,17H2,1H3,(H,19,20). The maximum Gasteiger partial charge on any atom is 0.254 e. The number of nitrogens with one attached hydrogen (secondary N) is 1. The fourth-order valence-corrected chi connectivity index (χ4v) is 2.41. The summed E-state index contributed by atoms with van der Waals surface area (Å²) in [4.78, 5) is 17.0. The lowest BCUT2D eigenvalue weighted by Gasteiger charge is -2.05. The molecule has 0 saturated heterocycles. The molecule has 6 heteroatoms. The first kappa shape index (κ1) is 15.2. The molecule has 4 nitrogen and oxygen atoms in total. The molecular weight excluding hydrogens is 289 g/mol. The number of nitrogens with zero attached hydrogens (tertiary/aromatic N) is 1. The van der Waals surface area contributed by atoms with Crippen LogP contribution in [-0.2, 0) is 6.54 Å². The molecule has 0 aliphatic rings. The molecule has 3 N–H and O–H groups in total. The molecule has 0 spiro atoms. The number of nitrogens with two attached hydrogens (primary N) is 1. The number of aryl methyl sites for hydroxylation is 1. The Kier molecular flexibility index (Phi) is 5.04. The predicted octanol–water partition coefficient (Wildman–Crippen LogP) is 1.83. The van der Waals surface area contributed by atoms with Crippen LogP contribution >= 0.6 is 11.3 Å². The summed E-state index contributed by atoms with van der Waals surface area (Å²) in [5.74, 6) is 4.29. The molecule has 0 aliphatic heterocycles. The second-order valence-corrected chi connectivity index (χ2v) is 5.55. The molecule has 0 fully saturated rings. The first-order valence-corrected chi connectivity index (χ1v) is 7.10. The Morgan fingerprint density at radius 2 is 2.33 bits per heavy atom. The van der Waals surface area contributed by atoms with Gasteiger partial charge in [0.1, 0.15) is 5.82 Å². The second kappa shape index (κ2) is 6.97. The van der Waals surface area contributed by atoms with Crippen molar-refractivity contribution in [2.24, 2.45) is 5.73 Å². The van der Waals surface area contributed by atoms with Crippen molar-refractivity contribution in [2.75, 3.05) is 6.54 Å². The van der Waals surface area contributed by atoms with Gasteiger partial charge in [0.05, 0.1) is 23.7 Å². The Morgan fingerprint density at radius 1 is 1.52 bits per heavy atom. The highest BCUT2D eigenvalue weighted by Gasteiger charge is 2.12. The Morgan fingerprint density at radius 3 is 2.95 bits per heavy atom. The summed E-state index contributed by atoms with van der Waals surface area (Å²) in [5.41, 5.74) is 5.74. The Balaban J connectivity index is 2.05. The lowest BCUT2D eigenvalue weighted by atomic mass is 10.1. The van der Waals surface area contributed by atoms with Crippen molar-refractivity contribution in [1.29, 1.82) is 0 Å². The third-order valence-corrected chi connectivity index (χ3v) is 3.55. The molecule has 108 valence electrons. The summed E-state index contributed by atoms with van der Waals surface area (Å²) >= 11 is 1.49. The van der Waals surface area contributed by atoms with E-state index >= 15 is 0 Å². The van der Waals surface area contributed by atoms with Crippen molar-refractivity contribution < 1.29 is 9.18 Å². The van der Waals surface area contributed by atoms with Crippen molar-refractivity contribution in [3.05, 3.63) is 51.2 Å². The van der Waals surface area contributed by atoms with E-state index < -0.39 is 11.7 Å². The van der Waals surface area contributed by atoms with Crippen LogP contribution in [0.1, 0.15) is 25.8 Å². The number of halogens is 1. The molecule has 0 radical (unpaired) electrons. The fourth-order valence-electron chi connectivity index (χ4n) is 1.68. The minimum absolute atomic E-state index is 0.00506. The smallest absolute Gasteiger partial charge is 0.254 e. The van der Waals surface area contributed by atoms with Crippen LogP contribution in [0.2, 0.25) is 0 Å². The molecule has 0 unspecified atom stereocenters. The third-order valence-electron chi connectivity index (χ3n) is 2.64. The van der Waals surface area contributed by atoms with Gasteiger partial charge in [0.15, 0.2) is 0 Å². The van der Waals surface area contributed by atoms with Gasteiger partial charge >= 0.3 is 0 Å². The molecule has 1 aromatic heterocycles. The SMILES string of the molecule is Cc1ncc(CNC(=O)c2ccc(C#CCN)cc2F)s1. The van der Waals surface area contributed by atoms with E-state index in [1.54, 1.807) is 12.3 Å². The number of thiazole rings is 1. The van der Waals surface area contributed by atoms with E-state index in [4.69, 9.17) is 5.73 Å². The van der Waals surface area contributed by atoms with Crippen LogP contribution in [0.3, 0.4) is 0 Å². The van der Waals surface area contributed by atoms with Crippen molar-refractivity contribution in [1.82, 2.24) is 10.3 Å². The number of hydrogen-bond donors (Lipinski definition) is 2. The molecule has 0 saturated carbocycles. The average Bonchev–Trinajstić information content (AvgIpc) is 2.88. The predicted molar refractivity (Wildman–Crippen MR) is 80.4 cm³/mol. The van der Waals surface area contributed by atoms with Gasteiger partial charge in [0.2, 0.25) is 0 Å². The lowest BCUT2D eigenvalue weighted by Crippen LogP contribution is -2.23. The van der Waals surface area contributed by atoms with Gasteiger partial charge in [-0.25, -0.2) is 9.37 Å². The van der Waals surface area contributed by atoms with Gasteiger partial charge in [0.25, 0.3) is 5.91 Å². The van der Waals surface area contributed by atoms with Gasteiger partial charge in [-0.15, -0.1) is 11.3 Å². The van der Waals surface area contributed by atoms with Crippen LogP contribution in [0.5, 0.6) is 0 Å². The monoisotopic (exact) mass is 303 g/mol. The number of carbonyl (C=O) groups is 1. The van der Waals surface area contributed by atoms with Gasteiger partial charge in [-0.1, -0.05) is 11.8 Å². The molecule has 0 bridgehead atoms. The first-order chi connectivity index (χ1) is 10.1. The zero-order chi connectivity index (χ0) is 15.2. The van der Waals surface area contributed by atoms with Crippen molar-refractivity contribution in [3.63, 3.8) is 0 Å². The quantitative estimate of drug-likeness (QED) is 0.850. The summed E-state index contributed by atoms with van der Waals surface area (Å²) in [7, 11) is 0. The number of rotatable bonds is 3. The number of amides is 1. The van der Waals surface area contributed by atoms with Gasteiger partial charge in [-0.2, -0.15) is 0 Å². The van der Waals surface area contributed by atoms with Crippen LogP contribution in [0.4, 0.5) is 4.39 Å². The molecule has 0 aliphatic carbocycles. The van der Waals surface area contributed by atoms with Crippen LogP contribution < -0.4 is 11.1 Å². The topological polar surface area (TPSA) is 68.0 Å². The van der Waals surface area contributed by atoms with E-state index in [1.165, 1.54) is 23.5 Å². The highest BCUT2D eigenvalue weighted by atomic mass is 32.1. The van der Waals surface area contributed by atoms with Gasteiger partial charge in [-0.05, 0) is 25.1 Å². The number of benzene rings is 1. The van der Waals surface area contributed by atoms with Crippen molar-refractivity contribution >= 4 is 17.2 Å². The summed E-state index contributed by atoms with van der Waals surface area (Å²) in [6, 6.07) is 4.25. The molecule has 1 heterocycles. The van der Waals surface area contributed by atoms with Crippen LogP contribution in [0, 0.1) is 24.6 Å². The Bertz CT molecular complexity index is 715. The minimum atomic E-state index is -0.600. The minimum Gasteiger partial charge on any atom is -0.347 e. The lowest BCUT2D eigenvalue weighted by molar-refractivity contribution is 0.0947. The summed E-state index contributed by atoms with van der Waals surface area (Å²) < 4.78 is 13.9. The van der Waals surface area contributed by atoms with Crippen molar-refractivity contribution in [3.8, 4) is 11.8 Å². The van der Waals surface area contributed by atoms with E-state index in [2.05, 4.69) is 22.1 Å². The van der Waals surface area contributed by atoms with E-state index in [9.17, 15) is 9.18 Å². The average molecular weight is 303 g/mol. The van der Waals surface area contributed by atoms with E-state index in [-0.39, 0.29) is 12.1 Å². The number of hydrogen-bond acceptors (Lipinski definition) is 4. The first-order valence-electron chi connectivity index (χ1n) is 6.28. The number of aromatic nitrogens is 1. The molecule has 0 atom stereocenters. The normalized spacial score (nSPS) is 9.86. The third kappa shape index (κ3) is 4.12. The molecule has 2 aromatic rings. The van der Waals surface area contributed by atoms with E-state index in [0.29, 0.717) is 12.1 Å². The van der Waals surface area contributed by atoms with Crippen LogP contribution in [0.25, 0.3) is 0 Å². The number of carbonyl (C=O) groups excluding carboxylic acids is 1. The zero-order valence-corrected chi connectivity index (χ0v) is 12.3. The van der Waals surface area contributed by atoms with Crippen LogP contribution in [0.15, 0.2) is 24.4 Å². The maximum atomic E-state index is 13.9. The fraction of sp³-hybridized carbons (Fsp3) is 0.200. The summed E-state index contributed by atoms with van der Waals surface area (Å²) in [6.45, 7) is 2.42. The molecular formula is C15H14FN3OS. The van der Waals surface area contributed by atoms with E-state index in [0.717, 1.165) is 9.88 Å². The highest BCUT2D eigenvalue weighted by molar-refractivity contribution is 7.11. The second-order valence-electron chi connectivity index (χ2n) is 4.23. The maximum absolute atomic E-state index is 13.9. The highest BCUT2D eigenvalue weighted by Crippen LogP contribution is 2.13. The summed E-state index contributed by atoms with van der Waals surface area (Å²) in [5, 5.41) is 3.59. The molecule has 21 heavy (non-hydrogen) atoms. The summed E-state index contributed by atoms with van der Waals surface area (Å²) in [6.07, 6.45) is 1.70. The van der Waals surface area contributed by atoms with Gasteiger partial charge < -0.3 is 11.1 Å². The Labute approximate surface area is 126 Å². The molecule has 2 rings (SSSR count). The Hall–Kier alpha value is -2.23. The molecule has 1 aromatic carbocycles. The van der Waals surface area contributed by atoms with Crippen LogP contribution in [-0.4, -0.2) is 17.4 Å². The molecule has 1 amide bonds. The zero-order valence-electron chi connectivity index (χ0n) is 11.4. The van der Waals surface area contributed by atoms with Gasteiger partial charge in [0, 0.05) is 16.6 Å².